The number of urea groups is 1. The Balaban J connectivity index is 1.80. The van der Waals surface area contributed by atoms with Crippen LogP contribution < -0.4 is 10.6 Å². The van der Waals surface area contributed by atoms with Crippen molar-refractivity contribution in [3.05, 3.63) is 29.8 Å². The number of carbonyl (C=O) groups excluding carboxylic acids is 2. The number of nitrogens with zero attached hydrogens (tertiary/aromatic N) is 2. The van der Waals surface area contributed by atoms with E-state index in [1.807, 2.05) is 0 Å². The highest BCUT2D eigenvalue weighted by atomic mass is 19.4. The maximum atomic E-state index is 12.7. The lowest BCUT2D eigenvalue weighted by Gasteiger charge is -2.48. The average molecular weight is 356 g/mol. The number of amides is 3. The van der Waals surface area contributed by atoms with Crippen molar-refractivity contribution in [2.75, 3.05) is 26.0 Å². The van der Waals surface area contributed by atoms with Gasteiger partial charge in [0.25, 0.3) is 0 Å². The van der Waals surface area contributed by atoms with Crippen LogP contribution in [0.25, 0.3) is 0 Å². The Morgan fingerprint density at radius 3 is 2.40 bits per heavy atom. The molecule has 2 aliphatic heterocycles. The summed E-state index contributed by atoms with van der Waals surface area (Å²) in [4.78, 5) is 27.2. The van der Waals surface area contributed by atoms with Gasteiger partial charge in [-0.2, -0.15) is 13.2 Å². The summed E-state index contributed by atoms with van der Waals surface area (Å²) in [7, 11) is 3.05. The predicted molar refractivity (Wildman–Crippen MR) is 84.7 cm³/mol. The number of piperidine rings is 1. The molecular weight excluding hydrogens is 337 g/mol. The SMILES string of the molecule is CN1C(=O)C2C(Nc3ccc(C(F)(F)F)cc3)CCNC2N(C)C1=O. The highest BCUT2D eigenvalue weighted by molar-refractivity contribution is 5.98. The molecular formula is C16H19F3N4O2. The topological polar surface area (TPSA) is 64.7 Å². The van der Waals surface area contributed by atoms with Crippen LogP contribution in [0.5, 0.6) is 0 Å². The lowest BCUT2D eigenvalue weighted by atomic mass is 9.86. The summed E-state index contributed by atoms with van der Waals surface area (Å²) in [6.45, 7) is 0.591. The Kier molecular flexibility index (Phi) is 4.36. The molecule has 2 aliphatic rings. The smallest absolute Gasteiger partial charge is 0.381 e. The molecule has 0 aliphatic carbocycles. The van der Waals surface area contributed by atoms with E-state index in [9.17, 15) is 22.8 Å². The first kappa shape index (κ1) is 17.5. The van der Waals surface area contributed by atoms with E-state index in [-0.39, 0.29) is 18.0 Å². The quantitative estimate of drug-likeness (QED) is 0.850. The number of rotatable bonds is 2. The molecule has 9 heteroatoms. The first-order valence-electron chi connectivity index (χ1n) is 7.91. The van der Waals surface area contributed by atoms with Crippen LogP contribution in [0.15, 0.2) is 24.3 Å². The zero-order chi connectivity index (χ0) is 18.4. The first-order valence-corrected chi connectivity index (χ1v) is 7.91. The zero-order valence-corrected chi connectivity index (χ0v) is 13.8. The molecule has 2 N–H and O–H groups in total. The van der Waals surface area contributed by atoms with E-state index in [2.05, 4.69) is 10.6 Å². The number of imide groups is 1. The molecule has 2 saturated heterocycles. The van der Waals surface area contributed by atoms with E-state index in [1.54, 1.807) is 7.05 Å². The van der Waals surface area contributed by atoms with E-state index in [1.165, 1.54) is 24.1 Å². The molecule has 0 radical (unpaired) electrons. The molecule has 0 saturated carbocycles. The van der Waals surface area contributed by atoms with E-state index >= 15 is 0 Å². The molecule has 1 aromatic carbocycles. The average Bonchev–Trinajstić information content (AvgIpc) is 2.57. The van der Waals surface area contributed by atoms with Gasteiger partial charge in [-0.1, -0.05) is 0 Å². The third-order valence-electron chi connectivity index (χ3n) is 4.77. The van der Waals surface area contributed by atoms with Crippen molar-refractivity contribution in [1.82, 2.24) is 15.1 Å². The fraction of sp³-hybridized carbons (Fsp3) is 0.500. The van der Waals surface area contributed by atoms with Gasteiger partial charge >= 0.3 is 12.2 Å². The van der Waals surface area contributed by atoms with E-state index in [4.69, 9.17) is 0 Å². The lowest BCUT2D eigenvalue weighted by Crippen LogP contribution is -2.69. The number of benzene rings is 1. The van der Waals surface area contributed by atoms with Crippen molar-refractivity contribution in [3.8, 4) is 0 Å². The normalized spacial score (nSPS) is 27.3. The number of hydrogen-bond acceptors (Lipinski definition) is 4. The van der Waals surface area contributed by atoms with Crippen LogP contribution in [-0.4, -0.2) is 54.6 Å². The fourth-order valence-corrected chi connectivity index (χ4v) is 3.40. The van der Waals surface area contributed by atoms with Gasteiger partial charge in [0.1, 0.15) is 0 Å². The van der Waals surface area contributed by atoms with Crippen LogP contribution in [0.4, 0.5) is 23.7 Å². The molecule has 3 atom stereocenters. The summed E-state index contributed by atoms with van der Waals surface area (Å²) >= 11 is 0. The second-order valence-corrected chi connectivity index (χ2v) is 6.33. The molecule has 3 rings (SSSR count). The second-order valence-electron chi connectivity index (χ2n) is 6.33. The number of hydrogen-bond donors (Lipinski definition) is 2. The summed E-state index contributed by atoms with van der Waals surface area (Å²) in [6, 6.07) is 4.05. The van der Waals surface area contributed by atoms with Crippen LogP contribution in [0.1, 0.15) is 12.0 Å². The second kappa shape index (κ2) is 6.21. The molecule has 0 spiro atoms. The number of carbonyl (C=O) groups is 2. The van der Waals surface area contributed by atoms with Gasteiger partial charge in [0.15, 0.2) is 0 Å². The molecule has 136 valence electrons. The monoisotopic (exact) mass is 356 g/mol. The molecule has 1 aromatic rings. The maximum Gasteiger partial charge on any atom is 0.416 e. The van der Waals surface area contributed by atoms with Crippen LogP contribution in [0.2, 0.25) is 0 Å². The molecule has 2 heterocycles. The number of alkyl halides is 3. The fourth-order valence-electron chi connectivity index (χ4n) is 3.40. The van der Waals surface area contributed by atoms with Crippen molar-refractivity contribution in [1.29, 1.82) is 0 Å². The van der Waals surface area contributed by atoms with Gasteiger partial charge in [-0.15, -0.1) is 0 Å². The molecule has 3 amide bonds. The minimum Gasteiger partial charge on any atom is -0.381 e. The van der Waals surface area contributed by atoms with Crippen LogP contribution in [-0.2, 0) is 11.0 Å². The number of fused-ring (bicyclic) bond motifs is 1. The van der Waals surface area contributed by atoms with Gasteiger partial charge in [-0.3, -0.25) is 15.0 Å². The van der Waals surface area contributed by atoms with Gasteiger partial charge in [-0.25, -0.2) is 4.79 Å². The van der Waals surface area contributed by atoms with Crippen LogP contribution >= 0.6 is 0 Å². The maximum absolute atomic E-state index is 12.7. The third-order valence-corrected chi connectivity index (χ3v) is 4.77. The molecule has 0 aromatic heterocycles. The summed E-state index contributed by atoms with van der Waals surface area (Å²) in [5.74, 6) is -0.812. The predicted octanol–water partition coefficient (Wildman–Crippen LogP) is 1.95. The highest BCUT2D eigenvalue weighted by Gasteiger charge is 2.48. The van der Waals surface area contributed by atoms with Gasteiger partial charge < -0.3 is 10.2 Å². The summed E-state index contributed by atoms with van der Waals surface area (Å²) < 4.78 is 38.0. The van der Waals surface area contributed by atoms with Gasteiger partial charge in [0.05, 0.1) is 17.6 Å². The number of halogens is 3. The van der Waals surface area contributed by atoms with Crippen molar-refractivity contribution < 1.29 is 22.8 Å². The van der Waals surface area contributed by atoms with E-state index < -0.39 is 23.8 Å². The highest BCUT2D eigenvalue weighted by Crippen LogP contribution is 2.32. The van der Waals surface area contributed by atoms with Crippen molar-refractivity contribution >= 4 is 17.6 Å². The van der Waals surface area contributed by atoms with Crippen molar-refractivity contribution in [3.63, 3.8) is 0 Å². The number of nitrogens with one attached hydrogen (secondary N) is 2. The van der Waals surface area contributed by atoms with E-state index in [0.29, 0.717) is 18.7 Å². The molecule has 6 nitrogen and oxygen atoms in total. The van der Waals surface area contributed by atoms with Crippen molar-refractivity contribution in [2.24, 2.45) is 5.92 Å². The van der Waals surface area contributed by atoms with Crippen LogP contribution in [0, 0.1) is 5.92 Å². The standard InChI is InChI=1S/C16H19F3N4O2/c1-22-13-12(14(24)23(2)15(22)25)11(7-8-20-13)21-10-5-3-9(4-6-10)16(17,18)19/h3-6,11-13,20-21H,7-8H2,1-2H3. The molecule has 3 unspecified atom stereocenters. The minimum atomic E-state index is -4.39. The lowest BCUT2D eigenvalue weighted by molar-refractivity contribution is -0.140. The largest absolute Gasteiger partial charge is 0.416 e. The van der Waals surface area contributed by atoms with Crippen LogP contribution in [0.3, 0.4) is 0 Å². The van der Waals surface area contributed by atoms with Gasteiger partial charge in [0.2, 0.25) is 5.91 Å². The zero-order valence-electron chi connectivity index (χ0n) is 13.8. The molecule has 25 heavy (non-hydrogen) atoms. The van der Waals surface area contributed by atoms with Gasteiger partial charge in [-0.05, 0) is 37.2 Å². The Labute approximate surface area is 143 Å². The van der Waals surface area contributed by atoms with E-state index in [0.717, 1.165) is 17.0 Å². The van der Waals surface area contributed by atoms with Gasteiger partial charge in [0, 0.05) is 25.8 Å². The summed E-state index contributed by atoms with van der Waals surface area (Å²) in [6.07, 6.45) is -4.20. The summed E-state index contributed by atoms with van der Waals surface area (Å²) in [5, 5.41) is 6.32. The Morgan fingerprint density at radius 2 is 1.80 bits per heavy atom. The minimum absolute atomic E-state index is 0.284. The number of anilines is 1. The Bertz CT molecular complexity index is 677. The molecule has 0 bridgehead atoms. The third kappa shape index (κ3) is 3.15. The first-order chi connectivity index (χ1) is 11.7. The summed E-state index contributed by atoms with van der Waals surface area (Å²) in [5.41, 5.74) is -0.214. The Hall–Kier alpha value is -2.29. The Morgan fingerprint density at radius 1 is 1.16 bits per heavy atom. The van der Waals surface area contributed by atoms with Crippen molar-refractivity contribution in [2.45, 2.75) is 24.8 Å². The molecule has 2 fully saturated rings.